The molecule has 0 atom stereocenters. The number of aliphatic hydroxyl groups excluding tert-OH is 1. The molecule has 0 radical (unpaired) electrons. The lowest BCUT2D eigenvalue weighted by Gasteiger charge is -2.23. The molecule has 36 heavy (non-hydrogen) atoms. The van der Waals surface area contributed by atoms with Crippen LogP contribution >= 0.6 is 24.8 Å². The van der Waals surface area contributed by atoms with Crippen LogP contribution in [0.1, 0.15) is 23.1 Å². The van der Waals surface area contributed by atoms with Crippen molar-refractivity contribution in [2.75, 3.05) is 19.7 Å². The van der Waals surface area contributed by atoms with E-state index in [-0.39, 0.29) is 37.0 Å². The Labute approximate surface area is 224 Å². The Morgan fingerprint density at radius 1 is 0.944 bits per heavy atom. The van der Waals surface area contributed by atoms with Gasteiger partial charge in [-0.15, -0.1) is 24.8 Å². The summed E-state index contributed by atoms with van der Waals surface area (Å²) in [5.74, 6) is 0.809. The van der Waals surface area contributed by atoms with Crippen molar-refractivity contribution in [2.24, 2.45) is 7.05 Å². The average molecular weight is 530 g/mol. The summed E-state index contributed by atoms with van der Waals surface area (Å²) in [6, 6.07) is 21.4. The number of hydrogen-bond donors (Lipinski definition) is 1. The first kappa shape index (κ1) is 29.3. The van der Waals surface area contributed by atoms with Gasteiger partial charge >= 0.3 is 0 Å². The summed E-state index contributed by atoms with van der Waals surface area (Å²) in [4.78, 5) is 18.5. The summed E-state index contributed by atoms with van der Waals surface area (Å²) in [6.45, 7) is 3.29. The van der Waals surface area contributed by atoms with Gasteiger partial charge in [-0.2, -0.15) is 0 Å². The third-order valence-corrected chi connectivity index (χ3v) is 6.00. The maximum absolute atomic E-state index is 11.8. The minimum absolute atomic E-state index is 0. The van der Waals surface area contributed by atoms with Crippen molar-refractivity contribution >= 4 is 35.7 Å². The number of halogens is 2. The maximum Gasteiger partial charge on any atom is 0.250 e. The number of aryl methyl sites for hydroxylation is 1. The second kappa shape index (κ2) is 14.6. The summed E-state index contributed by atoms with van der Waals surface area (Å²) < 4.78 is 7.67. The van der Waals surface area contributed by atoms with E-state index in [1.54, 1.807) is 23.9 Å². The molecule has 0 unspecified atom stereocenters. The van der Waals surface area contributed by atoms with Crippen LogP contribution in [0.4, 0.5) is 0 Å². The minimum atomic E-state index is -0.0166. The lowest BCUT2D eigenvalue weighted by molar-refractivity contribution is 0.229. The molecule has 0 aliphatic heterocycles. The normalized spacial score (nSPS) is 10.6. The molecule has 0 saturated heterocycles. The Kier molecular flexibility index (Phi) is 11.9. The highest BCUT2D eigenvalue weighted by Gasteiger charge is 2.08. The van der Waals surface area contributed by atoms with E-state index in [4.69, 9.17) is 4.74 Å². The van der Waals surface area contributed by atoms with Crippen molar-refractivity contribution in [3.63, 3.8) is 0 Å². The zero-order valence-corrected chi connectivity index (χ0v) is 22.0. The van der Waals surface area contributed by atoms with Crippen LogP contribution < -0.4 is 10.3 Å². The molecule has 2 aromatic carbocycles. The van der Waals surface area contributed by atoms with Crippen molar-refractivity contribution < 1.29 is 9.84 Å². The number of aromatic nitrogens is 2. The van der Waals surface area contributed by atoms with E-state index in [9.17, 15) is 9.90 Å². The van der Waals surface area contributed by atoms with Crippen molar-refractivity contribution in [3.05, 3.63) is 106 Å². The van der Waals surface area contributed by atoms with E-state index in [1.807, 2.05) is 48.7 Å². The van der Waals surface area contributed by atoms with Crippen molar-refractivity contribution in [1.29, 1.82) is 0 Å². The zero-order chi connectivity index (χ0) is 23.8. The fourth-order valence-electron chi connectivity index (χ4n) is 4.12. The molecule has 0 amide bonds. The topological polar surface area (TPSA) is 67.6 Å². The van der Waals surface area contributed by atoms with E-state index >= 15 is 0 Å². The second-order valence-electron chi connectivity index (χ2n) is 8.52. The third kappa shape index (κ3) is 8.07. The summed E-state index contributed by atoms with van der Waals surface area (Å²) >= 11 is 0. The molecule has 0 fully saturated rings. The van der Waals surface area contributed by atoms with Crippen LogP contribution in [-0.4, -0.2) is 39.3 Å². The van der Waals surface area contributed by atoms with Crippen LogP contribution in [0.2, 0.25) is 0 Å². The van der Waals surface area contributed by atoms with Gasteiger partial charge in [-0.05, 0) is 59.9 Å². The zero-order valence-electron chi connectivity index (χ0n) is 20.4. The minimum Gasteiger partial charge on any atom is -0.494 e. The van der Waals surface area contributed by atoms with Crippen LogP contribution in [0.15, 0.2) is 83.9 Å². The maximum atomic E-state index is 11.8. The van der Waals surface area contributed by atoms with Crippen molar-refractivity contribution in [1.82, 2.24) is 14.5 Å². The van der Waals surface area contributed by atoms with E-state index < -0.39 is 0 Å². The average Bonchev–Trinajstić information content (AvgIpc) is 2.88. The molecule has 4 aromatic rings. The molecule has 0 aliphatic rings. The number of nitrogens with zero attached hydrogens (tertiary/aromatic N) is 3. The summed E-state index contributed by atoms with van der Waals surface area (Å²) in [5, 5.41) is 10.5. The van der Waals surface area contributed by atoms with Gasteiger partial charge in [-0.25, -0.2) is 0 Å². The van der Waals surface area contributed by atoms with E-state index in [0.717, 1.165) is 54.7 Å². The monoisotopic (exact) mass is 529 g/mol. The molecular formula is C28H33Cl2N3O3. The van der Waals surface area contributed by atoms with Gasteiger partial charge in [0.25, 0.3) is 5.56 Å². The van der Waals surface area contributed by atoms with Gasteiger partial charge < -0.3 is 14.4 Å². The highest BCUT2D eigenvalue weighted by molar-refractivity contribution is 5.85. The number of fused-ring (bicyclic) bond motifs is 1. The smallest absolute Gasteiger partial charge is 0.250 e. The Morgan fingerprint density at radius 2 is 1.75 bits per heavy atom. The van der Waals surface area contributed by atoms with Crippen LogP contribution in [-0.2, 0) is 26.6 Å². The van der Waals surface area contributed by atoms with Gasteiger partial charge in [0, 0.05) is 50.5 Å². The standard InChI is InChI=1S/C28H31N3O3.2ClH/c1-30-27-10-9-26(18-25(27)8-11-28(30)33)34-16-4-14-31(15-12-22-7-3-13-29-19-22)20-23-5-2-6-24(17-23)21-32;;/h2-3,5-11,13,17-19,32H,4,12,14-16,20-21H2,1H3;2*1H. The molecule has 8 heteroatoms. The Morgan fingerprint density at radius 3 is 2.53 bits per heavy atom. The first-order valence-electron chi connectivity index (χ1n) is 11.6. The predicted molar refractivity (Wildman–Crippen MR) is 149 cm³/mol. The molecule has 0 saturated carbocycles. The molecular weight excluding hydrogens is 497 g/mol. The predicted octanol–water partition coefficient (Wildman–Crippen LogP) is 4.78. The molecule has 1 N–H and O–H groups in total. The van der Waals surface area contributed by atoms with Gasteiger partial charge in [0.15, 0.2) is 0 Å². The molecule has 0 bridgehead atoms. The summed E-state index contributed by atoms with van der Waals surface area (Å²) in [7, 11) is 1.78. The quantitative estimate of drug-likeness (QED) is 0.283. The van der Waals surface area contributed by atoms with Gasteiger partial charge in [0.05, 0.1) is 18.7 Å². The van der Waals surface area contributed by atoms with Crippen molar-refractivity contribution in [3.8, 4) is 5.75 Å². The SMILES string of the molecule is Cl.Cl.Cn1c(=O)ccc2cc(OCCCN(CCc3cccnc3)Cc3cccc(CO)c3)ccc21. The molecule has 2 aromatic heterocycles. The lowest BCUT2D eigenvalue weighted by Crippen LogP contribution is -2.28. The van der Waals surface area contributed by atoms with Crippen LogP contribution in [0.3, 0.4) is 0 Å². The largest absolute Gasteiger partial charge is 0.494 e. The molecule has 6 nitrogen and oxygen atoms in total. The highest BCUT2D eigenvalue weighted by atomic mass is 35.5. The van der Waals surface area contributed by atoms with Crippen LogP contribution in [0, 0.1) is 0 Å². The van der Waals surface area contributed by atoms with Crippen LogP contribution in [0.5, 0.6) is 5.75 Å². The number of aliphatic hydroxyl groups is 1. The van der Waals surface area contributed by atoms with Gasteiger partial charge in [0.1, 0.15) is 5.75 Å². The Balaban J connectivity index is 0.00000228. The second-order valence-corrected chi connectivity index (χ2v) is 8.52. The summed E-state index contributed by atoms with van der Waals surface area (Å²) in [6.07, 6.45) is 5.53. The molecule has 0 aliphatic carbocycles. The van der Waals surface area contributed by atoms with Gasteiger partial charge in [-0.1, -0.05) is 30.3 Å². The van der Waals surface area contributed by atoms with E-state index in [2.05, 4.69) is 28.1 Å². The molecule has 2 heterocycles. The fourth-order valence-corrected chi connectivity index (χ4v) is 4.12. The van der Waals surface area contributed by atoms with Gasteiger partial charge in [0.2, 0.25) is 0 Å². The molecule has 192 valence electrons. The van der Waals surface area contributed by atoms with E-state index in [0.29, 0.717) is 6.61 Å². The number of pyridine rings is 2. The summed E-state index contributed by atoms with van der Waals surface area (Å²) in [5.41, 5.74) is 4.22. The van der Waals surface area contributed by atoms with E-state index in [1.165, 1.54) is 11.1 Å². The highest BCUT2D eigenvalue weighted by Crippen LogP contribution is 2.19. The molecule has 0 spiro atoms. The lowest BCUT2D eigenvalue weighted by atomic mass is 10.1. The van der Waals surface area contributed by atoms with Crippen LogP contribution in [0.25, 0.3) is 10.9 Å². The van der Waals surface area contributed by atoms with Gasteiger partial charge in [-0.3, -0.25) is 14.7 Å². The van der Waals surface area contributed by atoms with Crippen molar-refractivity contribution in [2.45, 2.75) is 26.0 Å². The molecule has 4 rings (SSSR count). The number of hydrogen-bond acceptors (Lipinski definition) is 5. The first-order chi connectivity index (χ1) is 16.6. The Bertz CT molecular complexity index is 1280. The number of benzene rings is 2. The number of rotatable bonds is 11. The number of ether oxygens (including phenoxy) is 1. The first-order valence-corrected chi connectivity index (χ1v) is 11.6. The Hall–Kier alpha value is -2.90. The third-order valence-electron chi connectivity index (χ3n) is 6.00. The fraction of sp³-hybridized carbons (Fsp3) is 0.286.